The number of nitrogens with zero attached hydrogens (tertiary/aromatic N) is 2. The Morgan fingerprint density at radius 3 is 2.84 bits per heavy atom. The van der Waals surface area contributed by atoms with Gasteiger partial charge in [-0.15, -0.1) is 0 Å². The lowest BCUT2D eigenvalue weighted by molar-refractivity contribution is 0.456. The molecule has 0 atom stereocenters. The smallest absolute Gasteiger partial charge is 0.214 e. The van der Waals surface area contributed by atoms with Crippen LogP contribution in [0.1, 0.15) is 12.0 Å². The fraction of sp³-hybridized carbons (Fsp3) is 0.417. The average Bonchev–Trinajstić information content (AvgIpc) is 2.70. The van der Waals surface area contributed by atoms with Crippen molar-refractivity contribution in [1.82, 2.24) is 4.31 Å². The van der Waals surface area contributed by atoms with E-state index in [4.69, 9.17) is 5.26 Å². The molecule has 1 aliphatic rings. The van der Waals surface area contributed by atoms with Gasteiger partial charge < -0.3 is 5.32 Å². The van der Waals surface area contributed by atoms with Gasteiger partial charge in [0.2, 0.25) is 10.0 Å². The minimum absolute atomic E-state index is 0.193. The highest BCUT2D eigenvalue weighted by atomic mass is 32.2. The van der Waals surface area contributed by atoms with Crippen LogP contribution in [0.3, 0.4) is 0 Å². The van der Waals surface area contributed by atoms with E-state index >= 15 is 0 Å². The third kappa shape index (κ3) is 3.22. The summed E-state index contributed by atoms with van der Waals surface area (Å²) in [6, 6.07) is 5.99. The van der Waals surface area contributed by atoms with E-state index < -0.39 is 15.8 Å². The number of nitriles is 1. The van der Waals surface area contributed by atoms with Gasteiger partial charge in [0.05, 0.1) is 23.1 Å². The van der Waals surface area contributed by atoms with Crippen molar-refractivity contribution in [3.63, 3.8) is 0 Å². The zero-order valence-corrected chi connectivity index (χ0v) is 11.1. The molecule has 1 aliphatic heterocycles. The molecule has 0 aromatic heterocycles. The highest BCUT2D eigenvalue weighted by molar-refractivity contribution is 7.89. The highest BCUT2D eigenvalue weighted by Gasteiger charge is 2.27. The Kier molecular flexibility index (Phi) is 4.02. The van der Waals surface area contributed by atoms with Crippen LogP contribution in [0.25, 0.3) is 0 Å². The summed E-state index contributed by atoms with van der Waals surface area (Å²) in [6.45, 7) is 1.18. The van der Waals surface area contributed by atoms with Crippen LogP contribution in [0.5, 0.6) is 0 Å². The topological polar surface area (TPSA) is 73.2 Å². The Bertz CT molecular complexity index is 610. The number of benzene rings is 1. The van der Waals surface area contributed by atoms with Gasteiger partial charge in [0.15, 0.2) is 0 Å². The van der Waals surface area contributed by atoms with Gasteiger partial charge in [-0.2, -0.15) is 5.26 Å². The molecule has 1 saturated heterocycles. The number of halogens is 1. The van der Waals surface area contributed by atoms with Gasteiger partial charge in [0.25, 0.3) is 0 Å². The van der Waals surface area contributed by atoms with E-state index in [0.717, 1.165) is 6.07 Å². The van der Waals surface area contributed by atoms with E-state index in [2.05, 4.69) is 5.32 Å². The second-order valence-electron chi connectivity index (χ2n) is 4.30. The molecule has 0 spiro atoms. The SMILES string of the molecule is N#Cc1ccc(NCCN2CCCS2(=O)=O)c(F)c1. The maximum absolute atomic E-state index is 13.5. The number of sulfonamides is 1. The third-order valence-electron chi connectivity index (χ3n) is 2.98. The summed E-state index contributed by atoms with van der Waals surface area (Å²) in [5, 5.41) is 11.5. The Labute approximate surface area is 111 Å². The van der Waals surface area contributed by atoms with E-state index in [0.29, 0.717) is 26.1 Å². The number of hydrogen-bond donors (Lipinski definition) is 1. The number of rotatable bonds is 4. The van der Waals surface area contributed by atoms with Gasteiger partial charge in [-0.1, -0.05) is 0 Å². The molecule has 1 aromatic carbocycles. The minimum atomic E-state index is -3.11. The monoisotopic (exact) mass is 283 g/mol. The second kappa shape index (κ2) is 5.55. The van der Waals surface area contributed by atoms with Crippen molar-refractivity contribution in [3.05, 3.63) is 29.6 Å². The largest absolute Gasteiger partial charge is 0.381 e. The molecule has 0 bridgehead atoms. The lowest BCUT2D eigenvalue weighted by Gasteiger charge is -2.15. The molecule has 19 heavy (non-hydrogen) atoms. The molecule has 1 heterocycles. The zero-order chi connectivity index (χ0) is 13.9. The van der Waals surface area contributed by atoms with Gasteiger partial charge in [0.1, 0.15) is 5.82 Å². The first-order valence-electron chi connectivity index (χ1n) is 5.94. The lowest BCUT2D eigenvalue weighted by atomic mass is 10.2. The lowest BCUT2D eigenvalue weighted by Crippen LogP contribution is -2.30. The quantitative estimate of drug-likeness (QED) is 0.899. The first-order chi connectivity index (χ1) is 9.03. The number of nitrogens with one attached hydrogen (secondary N) is 1. The minimum Gasteiger partial charge on any atom is -0.381 e. The number of anilines is 1. The third-order valence-corrected chi connectivity index (χ3v) is 4.93. The van der Waals surface area contributed by atoms with Crippen LogP contribution >= 0.6 is 0 Å². The van der Waals surface area contributed by atoms with Crippen LogP contribution in [-0.2, 0) is 10.0 Å². The predicted molar refractivity (Wildman–Crippen MR) is 69.6 cm³/mol. The van der Waals surface area contributed by atoms with Crippen molar-refractivity contribution >= 4 is 15.7 Å². The van der Waals surface area contributed by atoms with Crippen LogP contribution in [-0.4, -0.2) is 38.1 Å². The van der Waals surface area contributed by atoms with Crippen LogP contribution < -0.4 is 5.32 Å². The Balaban J connectivity index is 1.92. The zero-order valence-electron chi connectivity index (χ0n) is 10.3. The van der Waals surface area contributed by atoms with Gasteiger partial charge in [-0.05, 0) is 24.6 Å². The van der Waals surface area contributed by atoms with Crippen LogP contribution in [0.15, 0.2) is 18.2 Å². The highest BCUT2D eigenvalue weighted by Crippen LogP contribution is 2.16. The summed E-state index contributed by atoms with van der Waals surface area (Å²) in [5.74, 6) is -0.318. The summed E-state index contributed by atoms with van der Waals surface area (Å²) >= 11 is 0. The van der Waals surface area contributed by atoms with Gasteiger partial charge in [0, 0.05) is 19.6 Å². The summed E-state index contributed by atoms with van der Waals surface area (Å²) in [7, 11) is -3.11. The van der Waals surface area contributed by atoms with E-state index in [1.54, 1.807) is 0 Å². The van der Waals surface area contributed by atoms with Gasteiger partial charge >= 0.3 is 0 Å². The van der Waals surface area contributed by atoms with Crippen molar-refractivity contribution < 1.29 is 12.8 Å². The predicted octanol–water partition coefficient (Wildman–Crippen LogP) is 1.14. The summed E-state index contributed by atoms with van der Waals surface area (Å²) in [4.78, 5) is 0. The van der Waals surface area contributed by atoms with Crippen molar-refractivity contribution in [2.75, 3.05) is 30.7 Å². The van der Waals surface area contributed by atoms with E-state index in [9.17, 15) is 12.8 Å². The standard InChI is InChI=1S/C12H14FN3O2S/c13-11-8-10(9-14)2-3-12(11)15-4-6-16-5-1-7-19(16,17)18/h2-3,8,15H,1,4-7H2. The maximum Gasteiger partial charge on any atom is 0.214 e. The molecule has 0 unspecified atom stereocenters. The summed E-state index contributed by atoms with van der Waals surface area (Å²) in [6.07, 6.45) is 0.646. The number of hydrogen-bond acceptors (Lipinski definition) is 4. The van der Waals surface area contributed by atoms with Gasteiger partial charge in [-0.25, -0.2) is 17.1 Å². The van der Waals surface area contributed by atoms with Crippen LogP contribution in [0.2, 0.25) is 0 Å². The molecule has 2 rings (SSSR count). The van der Waals surface area contributed by atoms with Crippen molar-refractivity contribution in [3.8, 4) is 6.07 Å². The van der Waals surface area contributed by atoms with Crippen molar-refractivity contribution in [2.24, 2.45) is 0 Å². The molecule has 0 radical (unpaired) electrons. The normalized spacial score (nSPS) is 18.1. The first kappa shape index (κ1) is 13.8. The Morgan fingerprint density at radius 1 is 1.47 bits per heavy atom. The average molecular weight is 283 g/mol. The van der Waals surface area contributed by atoms with Crippen molar-refractivity contribution in [1.29, 1.82) is 5.26 Å². The molecule has 1 fully saturated rings. The molecular formula is C12H14FN3O2S. The molecular weight excluding hydrogens is 269 g/mol. The Hall–Kier alpha value is -1.65. The van der Waals surface area contributed by atoms with Crippen molar-refractivity contribution in [2.45, 2.75) is 6.42 Å². The molecule has 1 aromatic rings. The fourth-order valence-electron chi connectivity index (χ4n) is 1.99. The molecule has 1 N–H and O–H groups in total. The van der Waals surface area contributed by atoms with Crippen LogP contribution in [0, 0.1) is 17.1 Å². The summed E-state index contributed by atoms with van der Waals surface area (Å²) < 4.78 is 38.0. The molecule has 0 amide bonds. The van der Waals surface area contributed by atoms with Crippen LogP contribution in [0.4, 0.5) is 10.1 Å². The fourth-order valence-corrected chi connectivity index (χ4v) is 3.51. The molecule has 5 nitrogen and oxygen atoms in total. The molecule has 0 saturated carbocycles. The molecule has 0 aliphatic carbocycles. The van der Waals surface area contributed by atoms with Gasteiger partial charge in [-0.3, -0.25) is 0 Å². The molecule has 102 valence electrons. The van der Waals surface area contributed by atoms with E-state index in [1.807, 2.05) is 6.07 Å². The summed E-state index contributed by atoms with van der Waals surface area (Å²) in [5.41, 5.74) is 0.528. The Morgan fingerprint density at radius 2 is 2.26 bits per heavy atom. The van der Waals surface area contributed by atoms with E-state index in [1.165, 1.54) is 16.4 Å². The van der Waals surface area contributed by atoms with E-state index in [-0.39, 0.29) is 17.0 Å². The second-order valence-corrected chi connectivity index (χ2v) is 6.39. The first-order valence-corrected chi connectivity index (χ1v) is 7.55. The molecule has 7 heteroatoms. The maximum atomic E-state index is 13.5.